The van der Waals surface area contributed by atoms with Gasteiger partial charge >= 0.3 is 0 Å². The Balaban J connectivity index is 1.46. The second-order valence-corrected chi connectivity index (χ2v) is 9.28. The van der Waals surface area contributed by atoms with Crippen molar-refractivity contribution >= 4 is 38.9 Å². The predicted molar refractivity (Wildman–Crippen MR) is 134 cm³/mol. The van der Waals surface area contributed by atoms with Crippen molar-refractivity contribution in [2.45, 2.75) is 18.6 Å². The fraction of sp³-hybridized carbons (Fsp3) is 0.120. The topological polar surface area (TPSA) is 58.9 Å². The average Bonchev–Trinajstić information content (AvgIpc) is 3.57. The summed E-state index contributed by atoms with van der Waals surface area (Å²) in [7, 11) is 0. The lowest BCUT2D eigenvalue weighted by Crippen LogP contribution is -2.30. The lowest BCUT2D eigenvalue weighted by atomic mass is 10.0. The van der Waals surface area contributed by atoms with Crippen LogP contribution in [-0.2, 0) is 6.54 Å². The van der Waals surface area contributed by atoms with Gasteiger partial charge < -0.3 is 10.2 Å². The van der Waals surface area contributed by atoms with E-state index in [9.17, 15) is 0 Å². The standard InChI is InChI=1S/C25H20N6S2/c32-24-29-22(19-9-3-4-13-27-19)23(31(24)16-17-7-5-12-26-15-17)20-10-6-14-30(20)25-28-18-8-1-2-11-21(18)33-25/h1-15,22-23H,16H2,(H,29,32)/t22-,23+/m0/s1. The van der Waals surface area contributed by atoms with Crippen LogP contribution in [0.25, 0.3) is 15.3 Å². The monoisotopic (exact) mass is 468 g/mol. The van der Waals surface area contributed by atoms with E-state index in [1.165, 1.54) is 4.70 Å². The van der Waals surface area contributed by atoms with Crippen LogP contribution in [0.5, 0.6) is 0 Å². The lowest BCUT2D eigenvalue weighted by Gasteiger charge is -2.28. The van der Waals surface area contributed by atoms with Gasteiger partial charge in [-0.3, -0.25) is 14.5 Å². The summed E-state index contributed by atoms with van der Waals surface area (Å²) >= 11 is 7.51. The molecule has 0 aliphatic carbocycles. The van der Waals surface area contributed by atoms with Gasteiger partial charge in [-0.2, -0.15) is 0 Å². The highest BCUT2D eigenvalue weighted by Crippen LogP contribution is 2.41. The van der Waals surface area contributed by atoms with E-state index in [1.807, 2.05) is 48.8 Å². The second-order valence-electron chi connectivity index (χ2n) is 7.88. The summed E-state index contributed by atoms with van der Waals surface area (Å²) < 4.78 is 3.35. The van der Waals surface area contributed by atoms with Crippen LogP contribution >= 0.6 is 23.6 Å². The van der Waals surface area contributed by atoms with E-state index in [-0.39, 0.29) is 12.1 Å². The van der Waals surface area contributed by atoms with E-state index in [2.05, 4.69) is 61.3 Å². The van der Waals surface area contributed by atoms with Crippen molar-refractivity contribution in [2.24, 2.45) is 0 Å². The van der Waals surface area contributed by atoms with E-state index in [1.54, 1.807) is 17.5 Å². The Bertz CT molecular complexity index is 1380. The predicted octanol–water partition coefficient (Wildman–Crippen LogP) is 5.05. The Morgan fingerprint density at radius 2 is 1.88 bits per heavy atom. The Morgan fingerprint density at radius 3 is 2.70 bits per heavy atom. The summed E-state index contributed by atoms with van der Waals surface area (Å²) in [6, 6.07) is 22.3. The Labute approximate surface area is 200 Å². The van der Waals surface area contributed by atoms with Gasteiger partial charge in [0.15, 0.2) is 10.2 Å². The van der Waals surface area contributed by atoms with E-state index in [4.69, 9.17) is 17.2 Å². The van der Waals surface area contributed by atoms with Crippen LogP contribution in [0.3, 0.4) is 0 Å². The van der Waals surface area contributed by atoms with Crippen LogP contribution < -0.4 is 5.32 Å². The molecule has 0 spiro atoms. The molecule has 0 radical (unpaired) electrons. The average molecular weight is 469 g/mol. The zero-order valence-corrected chi connectivity index (χ0v) is 19.2. The molecule has 1 N–H and O–H groups in total. The first-order valence-corrected chi connectivity index (χ1v) is 11.9. The molecule has 1 aromatic carbocycles. The molecule has 0 saturated carbocycles. The van der Waals surface area contributed by atoms with Crippen molar-refractivity contribution in [2.75, 3.05) is 0 Å². The van der Waals surface area contributed by atoms with Crippen LogP contribution in [0.15, 0.2) is 91.5 Å². The molecular formula is C25H20N6S2. The molecule has 5 heterocycles. The number of hydrogen-bond donors (Lipinski definition) is 1. The van der Waals surface area contributed by atoms with Gasteiger partial charge in [-0.05, 0) is 60.2 Å². The van der Waals surface area contributed by atoms with Crippen LogP contribution in [0, 0.1) is 0 Å². The van der Waals surface area contributed by atoms with Gasteiger partial charge in [0, 0.05) is 31.3 Å². The summed E-state index contributed by atoms with van der Waals surface area (Å²) in [5.41, 5.74) is 4.17. The third kappa shape index (κ3) is 3.67. The fourth-order valence-corrected chi connectivity index (χ4v) is 5.63. The molecular weight excluding hydrogens is 448 g/mol. The molecule has 1 aliphatic rings. The van der Waals surface area contributed by atoms with Crippen molar-refractivity contribution in [3.63, 3.8) is 0 Å². The first-order valence-electron chi connectivity index (χ1n) is 10.7. The molecule has 2 atom stereocenters. The zero-order valence-electron chi connectivity index (χ0n) is 17.6. The molecule has 4 aromatic heterocycles. The van der Waals surface area contributed by atoms with Crippen LogP contribution in [0.2, 0.25) is 0 Å². The molecule has 6 rings (SSSR count). The van der Waals surface area contributed by atoms with Gasteiger partial charge in [0.2, 0.25) is 0 Å². The lowest BCUT2D eigenvalue weighted by molar-refractivity contribution is 0.302. The number of benzene rings is 1. The number of hydrogen-bond acceptors (Lipinski definition) is 5. The largest absolute Gasteiger partial charge is 0.352 e. The number of para-hydroxylation sites is 1. The van der Waals surface area contributed by atoms with Gasteiger partial charge in [0.25, 0.3) is 0 Å². The molecule has 1 aliphatic heterocycles. The number of aromatic nitrogens is 4. The van der Waals surface area contributed by atoms with E-state index >= 15 is 0 Å². The van der Waals surface area contributed by atoms with Crippen LogP contribution in [0.4, 0.5) is 0 Å². The van der Waals surface area contributed by atoms with Gasteiger partial charge in [-0.1, -0.05) is 35.6 Å². The number of thiocarbonyl (C=S) groups is 1. The molecule has 1 fully saturated rings. The normalized spacial score (nSPS) is 18.1. The molecule has 0 bridgehead atoms. The van der Waals surface area contributed by atoms with Crippen LogP contribution in [-0.4, -0.2) is 29.5 Å². The zero-order chi connectivity index (χ0) is 22.2. The summed E-state index contributed by atoms with van der Waals surface area (Å²) in [5.74, 6) is 0. The maximum atomic E-state index is 5.82. The molecule has 0 unspecified atom stereocenters. The van der Waals surface area contributed by atoms with E-state index in [0.717, 1.165) is 27.6 Å². The molecule has 0 amide bonds. The van der Waals surface area contributed by atoms with Gasteiger partial charge in [-0.15, -0.1) is 0 Å². The van der Waals surface area contributed by atoms with E-state index < -0.39 is 0 Å². The minimum absolute atomic E-state index is 0.0605. The van der Waals surface area contributed by atoms with Gasteiger partial charge in [-0.25, -0.2) is 4.98 Å². The molecule has 1 saturated heterocycles. The Morgan fingerprint density at radius 1 is 0.970 bits per heavy atom. The molecule has 162 valence electrons. The minimum Gasteiger partial charge on any atom is -0.352 e. The minimum atomic E-state index is -0.0848. The highest BCUT2D eigenvalue weighted by molar-refractivity contribution is 7.80. The van der Waals surface area contributed by atoms with E-state index in [0.29, 0.717) is 11.7 Å². The number of nitrogens with one attached hydrogen (secondary N) is 1. The number of rotatable bonds is 5. The number of nitrogens with zero attached hydrogens (tertiary/aromatic N) is 5. The second kappa shape index (κ2) is 8.38. The van der Waals surface area contributed by atoms with Crippen molar-refractivity contribution in [1.29, 1.82) is 0 Å². The first-order chi connectivity index (χ1) is 16.3. The Kier molecular flexibility index (Phi) is 5.09. The SMILES string of the molecule is S=C1N[C@@H](c2ccccn2)[C@@H](c2cccn2-c2nc3ccccc3s2)N1Cc1cccnc1. The summed E-state index contributed by atoms with van der Waals surface area (Å²) in [6.45, 7) is 0.651. The highest BCUT2D eigenvalue weighted by Gasteiger charge is 2.41. The molecule has 6 nitrogen and oxygen atoms in total. The van der Waals surface area contributed by atoms with Crippen molar-refractivity contribution in [3.05, 3.63) is 108 Å². The third-order valence-electron chi connectivity index (χ3n) is 5.85. The first kappa shape index (κ1) is 20.0. The molecule has 5 aromatic rings. The van der Waals surface area contributed by atoms with Crippen LogP contribution in [0.1, 0.15) is 29.0 Å². The molecule has 33 heavy (non-hydrogen) atoms. The molecule has 8 heteroatoms. The van der Waals surface area contributed by atoms with Crippen molar-refractivity contribution < 1.29 is 0 Å². The third-order valence-corrected chi connectivity index (χ3v) is 7.23. The maximum Gasteiger partial charge on any atom is 0.194 e. The summed E-state index contributed by atoms with van der Waals surface area (Å²) in [4.78, 5) is 16.1. The quantitative estimate of drug-likeness (QED) is 0.364. The summed E-state index contributed by atoms with van der Waals surface area (Å²) in [6.07, 6.45) is 7.58. The fourth-order valence-electron chi connectivity index (χ4n) is 4.36. The van der Waals surface area contributed by atoms with Gasteiger partial charge in [0.1, 0.15) is 0 Å². The number of thiazole rings is 1. The number of fused-ring (bicyclic) bond motifs is 1. The Hall–Kier alpha value is -3.62. The highest BCUT2D eigenvalue weighted by atomic mass is 32.1. The maximum absolute atomic E-state index is 5.82. The van der Waals surface area contributed by atoms with Crippen molar-refractivity contribution in [1.82, 2.24) is 29.7 Å². The van der Waals surface area contributed by atoms with Crippen molar-refractivity contribution in [3.8, 4) is 5.13 Å². The smallest absolute Gasteiger partial charge is 0.194 e. The number of pyridine rings is 2. The van der Waals surface area contributed by atoms with Gasteiger partial charge in [0.05, 0.1) is 33.7 Å². The summed E-state index contributed by atoms with van der Waals surface area (Å²) in [5, 5.41) is 5.17.